The monoisotopic (exact) mass is 297 g/mol. The second kappa shape index (κ2) is 5.57. The summed E-state index contributed by atoms with van der Waals surface area (Å²) in [6.07, 6.45) is 0. The van der Waals surface area contributed by atoms with Gasteiger partial charge < -0.3 is 5.32 Å². The molecular formula is C12H9Cl2N3S. The molecule has 0 aliphatic heterocycles. The summed E-state index contributed by atoms with van der Waals surface area (Å²) in [5.74, 6) is 0.580. The fraction of sp³-hybridized carbons (Fsp3) is 0.167. The Bertz CT molecular complexity index is 604. The van der Waals surface area contributed by atoms with Crippen LogP contribution in [0, 0.1) is 11.3 Å². The van der Waals surface area contributed by atoms with E-state index in [1.54, 1.807) is 6.07 Å². The van der Waals surface area contributed by atoms with Gasteiger partial charge in [-0.3, -0.25) is 0 Å². The van der Waals surface area contributed by atoms with Gasteiger partial charge in [0, 0.05) is 4.88 Å². The van der Waals surface area contributed by atoms with Gasteiger partial charge in [0.25, 0.3) is 0 Å². The fourth-order valence-corrected chi connectivity index (χ4v) is 2.76. The lowest BCUT2D eigenvalue weighted by Gasteiger charge is -2.13. The minimum atomic E-state index is 0.0556. The molecule has 0 bridgehead atoms. The highest BCUT2D eigenvalue weighted by Gasteiger charge is 2.10. The highest BCUT2D eigenvalue weighted by atomic mass is 35.5. The predicted molar refractivity (Wildman–Crippen MR) is 75.3 cm³/mol. The molecule has 0 aliphatic rings. The lowest BCUT2D eigenvalue weighted by Crippen LogP contribution is -2.06. The molecule has 18 heavy (non-hydrogen) atoms. The summed E-state index contributed by atoms with van der Waals surface area (Å²) in [5.41, 5.74) is 0.480. The predicted octanol–water partition coefficient (Wildman–Crippen LogP) is 4.49. The van der Waals surface area contributed by atoms with Crippen molar-refractivity contribution in [1.29, 1.82) is 5.26 Å². The SMILES string of the molecule is CC(Nc1cc(C#N)cc(Cl)n1)c1ccc(Cl)s1. The van der Waals surface area contributed by atoms with Gasteiger partial charge in [0.05, 0.1) is 22.0 Å². The molecule has 1 unspecified atom stereocenters. The minimum absolute atomic E-state index is 0.0556. The molecule has 2 aromatic rings. The Hall–Kier alpha value is -1.28. The smallest absolute Gasteiger partial charge is 0.132 e. The van der Waals surface area contributed by atoms with Crippen LogP contribution in [0.15, 0.2) is 24.3 Å². The van der Waals surface area contributed by atoms with Crippen molar-refractivity contribution in [2.24, 2.45) is 0 Å². The Morgan fingerprint density at radius 2 is 2.17 bits per heavy atom. The van der Waals surface area contributed by atoms with Crippen LogP contribution >= 0.6 is 34.5 Å². The summed E-state index contributed by atoms with van der Waals surface area (Å²) in [6, 6.07) is 9.10. The van der Waals surface area contributed by atoms with E-state index in [0.29, 0.717) is 16.5 Å². The summed E-state index contributed by atoms with van der Waals surface area (Å²) in [5, 5.41) is 12.4. The van der Waals surface area contributed by atoms with E-state index < -0.39 is 0 Å². The van der Waals surface area contributed by atoms with Crippen LogP contribution in [0.5, 0.6) is 0 Å². The third kappa shape index (κ3) is 3.14. The highest BCUT2D eigenvalue weighted by Crippen LogP contribution is 2.29. The molecule has 0 fully saturated rings. The maximum atomic E-state index is 8.86. The summed E-state index contributed by atoms with van der Waals surface area (Å²) < 4.78 is 0.746. The minimum Gasteiger partial charge on any atom is -0.363 e. The van der Waals surface area contributed by atoms with E-state index in [1.165, 1.54) is 17.4 Å². The first-order valence-corrected chi connectivity index (χ1v) is 6.75. The summed E-state index contributed by atoms with van der Waals surface area (Å²) in [7, 11) is 0. The Labute approximate surface area is 119 Å². The maximum absolute atomic E-state index is 8.86. The van der Waals surface area contributed by atoms with Gasteiger partial charge in [0.2, 0.25) is 0 Å². The fourth-order valence-electron chi connectivity index (χ4n) is 1.49. The average molecular weight is 298 g/mol. The standard InChI is InChI=1S/C12H9Cl2N3S/c1-7(9-2-3-11(14)18-9)16-12-5-8(6-15)4-10(13)17-12/h2-5,7H,1H3,(H,16,17). The second-order valence-electron chi connectivity index (χ2n) is 3.68. The Morgan fingerprint density at radius 1 is 1.39 bits per heavy atom. The summed E-state index contributed by atoms with van der Waals surface area (Å²) in [6.45, 7) is 2.00. The second-order valence-corrected chi connectivity index (χ2v) is 5.82. The van der Waals surface area contributed by atoms with E-state index >= 15 is 0 Å². The number of nitriles is 1. The molecule has 3 nitrogen and oxygen atoms in total. The zero-order valence-electron chi connectivity index (χ0n) is 9.45. The van der Waals surface area contributed by atoms with E-state index in [0.717, 1.165) is 9.21 Å². The van der Waals surface area contributed by atoms with Gasteiger partial charge in [-0.25, -0.2) is 4.98 Å². The first kappa shape index (κ1) is 13.2. The normalized spacial score (nSPS) is 11.9. The molecule has 1 atom stereocenters. The van der Waals surface area contributed by atoms with Crippen LogP contribution in [0.1, 0.15) is 23.4 Å². The van der Waals surface area contributed by atoms with Crippen molar-refractivity contribution in [3.05, 3.63) is 44.2 Å². The highest BCUT2D eigenvalue weighted by molar-refractivity contribution is 7.16. The van der Waals surface area contributed by atoms with E-state index in [9.17, 15) is 0 Å². The Morgan fingerprint density at radius 3 is 2.78 bits per heavy atom. The zero-order chi connectivity index (χ0) is 13.1. The number of aromatic nitrogens is 1. The molecule has 92 valence electrons. The number of nitrogens with one attached hydrogen (secondary N) is 1. The van der Waals surface area contributed by atoms with Crippen molar-refractivity contribution < 1.29 is 0 Å². The molecule has 2 rings (SSSR count). The molecule has 2 aromatic heterocycles. The van der Waals surface area contributed by atoms with Crippen LogP contribution in [-0.4, -0.2) is 4.98 Å². The average Bonchev–Trinajstić information content (AvgIpc) is 2.75. The zero-order valence-corrected chi connectivity index (χ0v) is 11.8. The largest absolute Gasteiger partial charge is 0.363 e. The number of anilines is 1. The van der Waals surface area contributed by atoms with Gasteiger partial charge in [-0.2, -0.15) is 5.26 Å². The molecule has 0 amide bonds. The Balaban J connectivity index is 2.19. The van der Waals surface area contributed by atoms with Crippen LogP contribution in [0.2, 0.25) is 9.49 Å². The lowest BCUT2D eigenvalue weighted by molar-refractivity contribution is 0.896. The van der Waals surface area contributed by atoms with Crippen molar-refractivity contribution >= 4 is 40.4 Å². The molecule has 6 heteroatoms. The Kier molecular flexibility index (Phi) is 4.07. The van der Waals surface area contributed by atoms with Gasteiger partial charge in [0.15, 0.2) is 0 Å². The molecule has 0 aromatic carbocycles. The topological polar surface area (TPSA) is 48.7 Å². The van der Waals surface area contributed by atoms with Crippen molar-refractivity contribution in [2.75, 3.05) is 5.32 Å². The van der Waals surface area contributed by atoms with Crippen molar-refractivity contribution in [3.63, 3.8) is 0 Å². The molecule has 0 saturated carbocycles. The first-order chi connectivity index (χ1) is 8.58. The molecule has 0 spiro atoms. The number of hydrogen-bond donors (Lipinski definition) is 1. The van der Waals surface area contributed by atoms with Gasteiger partial charge in [-0.05, 0) is 31.2 Å². The third-order valence-electron chi connectivity index (χ3n) is 2.31. The van der Waals surface area contributed by atoms with Crippen LogP contribution in [0.3, 0.4) is 0 Å². The summed E-state index contributed by atoms with van der Waals surface area (Å²) in [4.78, 5) is 5.23. The summed E-state index contributed by atoms with van der Waals surface area (Å²) >= 11 is 13.2. The number of nitrogens with zero attached hydrogens (tertiary/aromatic N) is 2. The van der Waals surface area contributed by atoms with E-state index in [1.807, 2.05) is 25.1 Å². The number of thiophene rings is 1. The van der Waals surface area contributed by atoms with Crippen molar-refractivity contribution in [3.8, 4) is 6.07 Å². The third-order valence-corrected chi connectivity index (χ3v) is 3.92. The first-order valence-electron chi connectivity index (χ1n) is 5.18. The van der Waals surface area contributed by atoms with Gasteiger partial charge >= 0.3 is 0 Å². The molecular weight excluding hydrogens is 289 g/mol. The number of pyridine rings is 1. The van der Waals surface area contributed by atoms with Crippen LogP contribution in [-0.2, 0) is 0 Å². The van der Waals surface area contributed by atoms with Crippen molar-refractivity contribution in [2.45, 2.75) is 13.0 Å². The van der Waals surface area contributed by atoms with E-state index in [-0.39, 0.29) is 6.04 Å². The number of halogens is 2. The molecule has 0 radical (unpaired) electrons. The van der Waals surface area contributed by atoms with Crippen LogP contribution in [0.25, 0.3) is 0 Å². The van der Waals surface area contributed by atoms with Crippen molar-refractivity contribution in [1.82, 2.24) is 4.98 Å². The molecule has 2 heterocycles. The van der Waals surface area contributed by atoms with E-state index in [4.69, 9.17) is 28.5 Å². The maximum Gasteiger partial charge on any atom is 0.132 e. The number of hydrogen-bond acceptors (Lipinski definition) is 4. The van der Waals surface area contributed by atoms with Crippen LogP contribution < -0.4 is 5.32 Å². The van der Waals surface area contributed by atoms with E-state index in [2.05, 4.69) is 10.3 Å². The molecule has 0 saturated heterocycles. The molecule has 1 N–H and O–H groups in total. The van der Waals surface area contributed by atoms with Gasteiger partial charge in [0.1, 0.15) is 11.0 Å². The van der Waals surface area contributed by atoms with Gasteiger partial charge in [-0.15, -0.1) is 11.3 Å². The lowest BCUT2D eigenvalue weighted by atomic mass is 10.2. The molecule has 0 aliphatic carbocycles. The van der Waals surface area contributed by atoms with Gasteiger partial charge in [-0.1, -0.05) is 23.2 Å². The number of rotatable bonds is 3. The quantitative estimate of drug-likeness (QED) is 0.849. The van der Waals surface area contributed by atoms with Crippen LogP contribution in [0.4, 0.5) is 5.82 Å².